The molecular formula is C49H51F2IN9O5S2-. The number of aliphatic hydroxyl groups is 1. The summed E-state index contributed by atoms with van der Waals surface area (Å²) in [4.78, 5) is 50.3. The van der Waals surface area contributed by atoms with E-state index in [0.29, 0.717) is 34.4 Å². The molecule has 356 valence electrons. The standard InChI is InChI=1S/C49H51F2IN9O5S2/c1-7-20-68(65,66)58-38-17-16-37(50)44(42(38)51)60-26-36(32-23-53-27-54-24-32)43-39(60)18-19-41(57-43)59(6)34-14-12-33(13-15-34)52-46(49(3,4)5)48(64)61-25-35(62)21-40(61)47(63)55-22-30-8-10-31(11-9-30)45-29(2)56-28-67-45/h8-19,23-24,26-28,35,40,46,58,62H,7,20-22,25H2,1-6H3,(H,55,63)/q-1/t35-,40+,46-/m1/s1. The summed E-state index contributed by atoms with van der Waals surface area (Å²) < 4.78 is 61.1. The van der Waals surface area contributed by atoms with Gasteiger partial charge in [0, 0.05) is 0 Å². The van der Waals surface area contributed by atoms with Crippen molar-refractivity contribution in [1.82, 2.24) is 34.7 Å². The molecule has 14 nitrogen and oxygen atoms in total. The number of thiazole rings is 1. The minimum Gasteiger partial charge on any atom is -0.202 e. The second-order valence-electron chi connectivity index (χ2n) is 17.7. The minimum atomic E-state index is -3.88. The van der Waals surface area contributed by atoms with Gasteiger partial charge in [0.15, 0.2) is 0 Å². The molecule has 4 aromatic heterocycles. The van der Waals surface area contributed by atoms with Crippen LogP contribution in [0, 0.1) is 27.5 Å². The molecule has 1 aliphatic rings. The second-order valence-corrected chi connectivity index (χ2v) is 23.5. The molecule has 3 aromatic carbocycles. The number of sulfonamides is 1. The van der Waals surface area contributed by atoms with Crippen molar-refractivity contribution >= 4 is 61.4 Å². The zero-order valence-corrected chi connectivity index (χ0v) is 42.0. The Balaban J connectivity index is 1.01. The first-order valence-corrected chi connectivity index (χ1v) is 26.8. The Bertz CT molecular complexity index is 3080. The maximum atomic E-state index is 16.2. The molecular weight excluding hydrogens is 1020 g/mol. The fourth-order valence-electron chi connectivity index (χ4n) is 8.13. The number of pyridine rings is 1. The van der Waals surface area contributed by atoms with E-state index >= 15 is 8.78 Å². The average molecular weight is 1080 g/mol. The number of aromatic nitrogens is 5. The number of carbonyl (C=O) groups excluding carboxylic acids is 2. The van der Waals surface area contributed by atoms with Gasteiger partial charge >= 0.3 is 301 Å². The van der Waals surface area contributed by atoms with Crippen LogP contribution >= 0.6 is 11.3 Å². The molecule has 19 heteroatoms. The molecule has 0 bridgehead atoms. The Morgan fingerprint density at radius 3 is 2.38 bits per heavy atom. The van der Waals surface area contributed by atoms with Crippen molar-refractivity contribution in [1.29, 1.82) is 0 Å². The Morgan fingerprint density at radius 2 is 1.72 bits per heavy atom. The van der Waals surface area contributed by atoms with E-state index in [2.05, 4.69) is 25.0 Å². The molecule has 1 fully saturated rings. The monoisotopic (exact) mass is 1070 g/mol. The Labute approximate surface area is 408 Å². The SMILES string of the molecule is CCCS(=O)(=O)Nc1ccc(F)c(-n2cc(-c3cncnc3)c3nc(N(C)c4ccc([I-][C@H](C(=O)N5C[C@H](O)C[C@H]5C(=O)NCc5ccc(-c6scnc6C)cc5)C(C)(C)C)cc4)ccc32)c1F. The number of fused-ring (bicyclic) bond motifs is 1. The van der Waals surface area contributed by atoms with E-state index in [-0.39, 0.29) is 42.8 Å². The van der Waals surface area contributed by atoms with Crippen molar-refractivity contribution < 1.29 is 53.1 Å². The van der Waals surface area contributed by atoms with Crippen molar-refractivity contribution in [2.45, 2.75) is 70.1 Å². The van der Waals surface area contributed by atoms with E-state index in [1.54, 1.807) is 47.7 Å². The van der Waals surface area contributed by atoms with Crippen LogP contribution in [0.2, 0.25) is 0 Å². The van der Waals surface area contributed by atoms with Crippen LogP contribution in [0.5, 0.6) is 0 Å². The number of hydrogen-bond donors (Lipinski definition) is 3. The van der Waals surface area contributed by atoms with Gasteiger partial charge in [-0.1, -0.05) is 6.92 Å². The molecule has 1 saturated heterocycles. The number of benzene rings is 3. The van der Waals surface area contributed by atoms with E-state index in [0.717, 1.165) is 43.1 Å². The first-order chi connectivity index (χ1) is 32.4. The van der Waals surface area contributed by atoms with Crippen LogP contribution in [0.15, 0.2) is 103 Å². The van der Waals surface area contributed by atoms with Gasteiger partial charge in [0.05, 0.1) is 22.6 Å². The summed E-state index contributed by atoms with van der Waals surface area (Å²) in [6, 6.07) is 20.5. The van der Waals surface area contributed by atoms with Gasteiger partial charge in [-0.15, -0.1) is 11.3 Å². The van der Waals surface area contributed by atoms with Gasteiger partial charge in [-0.05, 0) is 25.5 Å². The summed E-state index contributed by atoms with van der Waals surface area (Å²) in [7, 11) is -2.04. The number of likely N-dealkylation sites (tertiary alicyclic amines) is 1. The third-order valence-electron chi connectivity index (χ3n) is 11.6. The Hall–Kier alpha value is -5.90. The second kappa shape index (κ2) is 20.0. The summed E-state index contributed by atoms with van der Waals surface area (Å²) >= 11 is 0.633. The van der Waals surface area contributed by atoms with Crippen LogP contribution < -0.4 is 36.1 Å². The normalized spacial score (nSPS) is 15.8. The summed E-state index contributed by atoms with van der Waals surface area (Å²) in [6.45, 7) is 10.1. The molecule has 0 aliphatic carbocycles. The smallest absolute Gasteiger partial charge is 0.202 e. The number of anilines is 3. The predicted molar refractivity (Wildman–Crippen MR) is 256 cm³/mol. The first kappa shape index (κ1) is 48.6. The summed E-state index contributed by atoms with van der Waals surface area (Å²) in [5.41, 5.74) is 6.01. The van der Waals surface area contributed by atoms with Crippen LogP contribution in [0.25, 0.3) is 38.3 Å². The van der Waals surface area contributed by atoms with Gasteiger partial charge in [0.2, 0.25) is 10.0 Å². The number of carbonyl (C=O) groups is 2. The van der Waals surface area contributed by atoms with Gasteiger partial charge in [-0.3, -0.25) is 4.72 Å². The first-order valence-electron chi connectivity index (χ1n) is 21.9. The van der Waals surface area contributed by atoms with Crippen molar-refractivity contribution in [2.24, 2.45) is 5.41 Å². The van der Waals surface area contributed by atoms with Crippen molar-refractivity contribution in [3.05, 3.63) is 130 Å². The van der Waals surface area contributed by atoms with E-state index in [1.165, 1.54) is 17.1 Å². The third-order valence-corrected chi connectivity index (χ3v) is 18.5. The van der Waals surface area contributed by atoms with Crippen molar-refractivity contribution in [3.8, 4) is 27.3 Å². The molecule has 0 saturated carbocycles. The number of halogens is 3. The Kier molecular flexibility index (Phi) is 14.3. The van der Waals surface area contributed by atoms with Crippen LogP contribution in [-0.2, 0) is 26.2 Å². The van der Waals surface area contributed by atoms with Gasteiger partial charge in [0.25, 0.3) is 0 Å². The number of nitrogens with one attached hydrogen (secondary N) is 2. The zero-order chi connectivity index (χ0) is 48.5. The quantitative estimate of drug-likeness (QED) is 0.0930. The molecule has 0 unspecified atom stereocenters. The molecule has 0 spiro atoms. The van der Waals surface area contributed by atoms with Gasteiger partial charge in [0.1, 0.15) is 6.33 Å². The van der Waals surface area contributed by atoms with Crippen LogP contribution in [0.4, 0.5) is 26.0 Å². The average Bonchev–Trinajstić information content (AvgIpc) is 4.04. The maximum absolute atomic E-state index is 16.2. The number of β-amino-alcohol motifs (C(OH)–C–C–N with tert-alkyl or cyclic N) is 1. The van der Waals surface area contributed by atoms with Gasteiger partial charge in [-0.2, -0.15) is 0 Å². The molecule has 3 atom stereocenters. The number of aryl methyl sites for hydroxylation is 1. The van der Waals surface area contributed by atoms with Crippen molar-refractivity contribution in [2.75, 3.05) is 29.0 Å². The van der Waals surface area contributed by atoms with Gasteiger partial charge < -0.3 is 0 Å². The summed E-state index contributed by atoms with van der Waals surface area (Å²) in [6.07, 6.45) is 5.68. The fourth-order valence-corrected chi connectivity index (χ4v) is 13.1. The van der Waals surface area contributed by atoms with Gasteiger partial charge in [-0.25, -0.2) is 22.2 Å². The zero-order valence-electron chi connectivity index (χ0n) is 38.2. The molecule has 68 heavy (non-hydrogen) atoms. The van der Waals surface area contributed by atoms with E-state index < -0.39 is 70.0 Å². The summed E-state index contributed by atoms with van der Waals surface area (Å²) in [5, 5.41) is 13.8. The van der Waals surface area contributed by atoms with E-state index in [4.69, 9.17) is 4.98 Å². The molecule has 5 heterocycles. The number of amides is 2. The number of alkyl halides is 1. The number of rotatable bonds is 15. The number of hydrogen-bond acceptors (Lipinski definition) is 11. The molecule has 0 radical (unpaired) electrons. The van der Waals surface area contributed by atoms with E-state index in [1.807, 2.05) is 93.7 Å². The molecule has 3 N–H and O–H groups in total. The van der Waals surface area contributed by atoms with Crippen LogP contribution in [-0.4, -0.2) is 90.2 Å². The predicted octanol–water partition coefficient (Wildman–Crippen LogP) is 5.06. The number of aliphatic hydroxyl groups excluding tert-OH is 1. The molecule has 8 rings (SSSR count). The minimum absolute atomic E-state index is 0.0798. The molecule has 7 aromatic rings. The molecule has 2 amide bonds. The van der Waals surface area contributed by atoms with Crippen LogP contribution in [0.1, 0.15) is 51.8 Å². The van der Waals surface area contributed by atoms with Crippen molar-refractivity contribution in [3.63, 3.8) is 0 Å². The molecule has 1 aliphatic heterocycles. The third kappa shape index (κ3) is 10.4. The number of nitrogens with zero attached hydrogens (tertiary/aromatic N) is 7. The summed E-state index contributed by atoms with van der Waals surface area (Å²) in [5.74, 6) is -2.17. The fraction of sp³-hybridized carbons (Fsp3) is 0.306. The Morgan fingerprint density at radius 1 is 1.00 bits per heavy atom. The topological polar surface area (TPSA) is 176 Å². The van der Waals surface area contributed by atoms with Crippen LogP contribution in [0.3, 0.4) is 0 Å². The van der Waals surface area contributed by atoms with E-state index in [9.17, 15) is 23.1 Å².